The van der Waals surface area contributed by atoms with E-state index in [1.54, 1.807) is 40.5 Å². The monoisotopic (exact) mass is 718 g/mol. The first-order valence-corrected chi connectivity index (χ1v) is 17.2. The summed E-state index contributed by atoms with van der Waals surface area (Å²) in [5.41, 5.74) is 5.31. The lowest BCUT2D eigenvalue weighted by atomic mass is 9.98. The number of amides is 2. The van der Waals surface area contributed by atoms with Gasteiger partial charge in [-0.15, -0.1) is 0 Å². The maximum absolute atomic E-state index is 11.5. The van der Waals surface area contributed by atoms with E-state index < -0.39 is 0 Å². The molecule has 2 amide bonds. The van der Waals surface area contributed by atoms with Gasteiger partial charge < -0.3 is 29.9 Å². The van der Waals surface area contributed by atoms with E-state index in [0.29, 0.717) is 80.6 Å². The van der Waals surface area contributed by atoms with Crippen LogP contribution in [0.5, 0.6) is 11.8 Å². The molecule has 0 spiro atoms. The predicted molar refractivity (Wildman–Crippen MR) is 192 cm³/mol. The summed E-state index contributed by atoms with van der Waals surface area (Å²) in [6, 6.07) is 11.4. The van der Waals surface area contributed by atoms with Crippen LogP contribution < -0.4 is 20.1 Å². The molecule has 2 fully saturated rings. The largest absolute Gasteiger partial charge is 0.480 e. The maximum atomic E-state index is 11.5. The van der Waals surface area contributed by atoms with Crippen molar-refractivity contribution in [2.75, 3.05) is 53.5 Å². The molecule has 2 aromatic heterocycles. The average Bonchev–Trinajstić information content (AvgIpc) is 3.07. The van der Waals surface area contributed by atoms with Gasteiger partial charge in [-0.3, -0.25) is 19.6 Å². The number of benzene rings is 2. The summed E-state index contributed by atoms with van der Waals surface area (Å²) in [5.74, 6) is 1.87. The molecule has 262 valence electrons. The van der Waals surface area contributed by atoms with Crippen LogP contribution in [0.2, 0.25) is 10.0 Å². The molecule has 2 aliphatic rings. The third-order valence-electron chi connectivity index (χ3n) is 9.11. The van der Waals surface area contributed by atoms with Crippen molar-refractivity contribution in [1.82, 2.24) is 40.4 Å². The molecule has 12 nitrogen and oxygen atoms in total. The molecule has 0 radical (unpaired) electrons. The van der Waals surface area contributed by atoms with Gasteiger partial charge >= 0.3 is 0 Å². The summed E-state index contributed by atoms with van der Waals surface area (Å²) in [4.78, 5) is 45.3. The summed E-state index contributed by atoms with van der Waals surface area (Å²) < 4.78 is 11.2. The van der Waals surface area contributed by atoms with Gasteiger partial charge in [-0.05, 0) is 0 Å². The van der Waals surface area contributed by atoms with Crippen molar-refractivity contribution in [3.8, 4) is 45.4 Å². The maximum Gasteiger partial charge on any atom is 0.237 e. The van der Waals surface area contributed by atoms with E-state index in [2.05, 4.69) is 20.6 Å². The van der Waals surface area contributed by atoms with Crippen molar-refractivity contribution in [1.29, 1.82) is 0 Å². The molecule has 0 aliphatic carbocycles. The Morgan fingerprint density at radius 2 is 1.08 bits per heavy atom. The van der Waals surface area contributed by atoms with Crippen LogP contribution in [0.15, 0.2) is 48.8 Å². The van der Waals surface area contributed by atoms with E-state index in [9.17, 15) is 9.59 Å². The Morgan fingerprint density at radius 1 is 0.700 bits per heavy atom. The first-order chi connectivity index (χ1) is 24.2. The summed E-state index contributed by atoms with van der Waals surface area (Å²) in [6.45, 7) is 8.76. The van der Waals surface area contributed by atoms with Crippen molar-refractivity contribution in [3.63, 3.8) is 0 Å². The Hall–Kier alpha value is -4.36. The molecule has 50 heavy (non-hydrogen) atoms. The van der Waals surface area contributed by atoms with Gasteiger partial charge in [0.1, 0.15) is 11.4 Å². The number of hydrogen-bond acceptors (Lipinski definition) is 10. The molecular formula is C36H40Cl2N8O4. The molecule has 6 rings (SSSR count). The number of ether oxygens (including phenoxy) is 2. The lowest BCUT2D eigenvalue weighted by molar-refractivity contribution is -0.135. The molecule has 0 unspecified atom stereocenters. The molecule has 14 heteroatoms. The van der Waals surface area contributed by atoms with Crippen LogP contribution in [0.25, 0.3) is 33.6 Å². The predicted octanol–water partition coefficient (Wildman–Crippen LogP) is 4.73. The molecule has 2 N–H and O–H groups in total. The van der Waals surface area contributed by atoms with E-state index >= 15 is 0 Å². The average molecular weight is 720 g/mol. The Labute approximate surface area is 301 Å². The fourth-order valence-electron chi connectivity index (χ4n) is 6.20. The molecular weight excluding hydrogens is 679 g/mol. The van der Waals surface area contributed by atoms with Crippen molar-refractivity contribution in [2.24, 2.45) is 11.8 Å². The van der Waals surface area contributed by atoms with Crippen LogP contribution >= 0.6 is 23.2 Å². The second-order valence-corrected chi connectivity index (χ2v) is 13.4. The Balaban J connectivity index is 1.16. The molecule has 0 saturated carbocycles. The van der Waals surface area contributed by atoms with Crippen LogP contribution in [0.4, 0.5) is 0 Å². The number of carbonyl (C=O) groups is 2. The summed E-state index contributed by atoms with van der Waals surface area (Å²) in [5, 5.41) is 7.74. The Morgan fingerprint density at radius 3 is 1.44 bits per heavy atom. The van der Waals surface area contributed by atoms with E-state index in [-0.39, 0.29) is 11.8 Å². The zero-order valence-corrected chi connectivity index (χ0v) is 30.0. The highest BCUT2D eigenvalue weighted by Gasteiger charge is 2.29. The summed E-state index contributed by atoms with van der Waals surface area (Å²) >= 11 is 14.1. The van der Waals surface area contributed by atoms with Crippen LogP contribution in [0.1, 0.15) is 25.2 Å². The van der Waals surface area contributed by atoms with Crippen molar-refractivity contribution in [2.45, 2.75) is 26.9 Å². The van der Waals surface area contributed by atoms with Crippen LogP contribution in [-0.2, 0) is 22.7 Å². The number of likely N-dealkylation sites (tertiary alicyclic amines) is 2. The van der Waals surface area contributed by atoms with Crippen molar-refractivity contribution < 1.29 is 19.1 Å². The van der Waals surface area contributed by atoms with Gasteiger partial charge in [-0.25, -0.2) is 9.97 Å². The molecule has 0 atom stereocenters. The number of rotatable bonds is 13. The number of nitrogens with one attached hydrogen (secondary N) is 2. The SMILES string of the molecule is COc1nc(-c2cccc(-c3cccc(-c4cnc(CNCC5CN(C(C)=O)C5)c(OC)n4)c3Cl)c2Cl)cnc1CNCC1CN(C(C)=O)C1. The smallest absolute Gasteiger partial charge is 0.237 e. The minimum absolute atomic E-state index is 0.108. The second-order valence-electron chi connectivity index (χ2n) is 12.6. The zero-order chi connectivity index (χ0) is 35.4. The van der Waals surface area contributed by atoms with Gasteiger partial charge in [0.05, 0.1) is 48.0 Å². The van der Waals surface area contributed by atoms with E-state index in [4.69, 9.17) is 42.6 Å². The molecule has 2 saturated heterocycles. The highest BCUT2D eigenvalue weighted by Crippen LogP contribution is 2.42. The van der Waals surface area contributed by atoms with Crippen molar-refractivity contribution in [3.05, 3.63) is 70.2 Å². The molecule has 0 bridgehead atoms. The van der Waals surface area contributed by atoms with Gasteiger partial charge in [-0.1, -0.05) is 59.6 Å². The number of halogens is 2. The van der Waals surface area contributed by atoms with Gasteiger partial charge in [0, 0.05) is 100 Å². The zero-order valence-electron chi connectivity index (χ0n) is 28.5. The van der Waals surface area contributed by atoms with E-state index in [0.717, 1.165) is 50.4 Å². The van der Waals surface area contributed by atoms with Crippen LogP contribution in [0, 0.1) is 11.8 Å². The first kappa shape index (κ1) is 35.5. The van der Waals surface area contributed by atoms with Gasteiger partial charge in [0.25, 0.3) is 0 Å². The molecule has 4 aromatic rings. The first-order valence-electron chi connectivity index (χ1n) is 16.5. The normalized spacial score (nSPS) is 14.7. The highest BCUT2D eigenvalue weighted by atomic mass is 35.5. The molecule has 2 aromatic carbocycles. The van der Waals surface area contributed by atoms with Crippen LogP contribution in [0.3, 0.4) is 0 Å². The lowest BCUT2D eigenvalue weighted by Crippen LogP contribution is -2.52. The third kappa shape index (κ3) is 7.68. The quantitative estimate of drug-likeness (QED) is 0.200. The topological polar surface area (TPSA) is 135 Å². The van der Waals surface area contributed by atoms with Crippen LogP contribution in [-0.4, -0.2) is 95.0 Å². The molecule has 2 aliphatic heterocycles. The summed E-state index contributed by atoms with van der Waals surface area (Å²) in [6.07, 6.45) is 3.38. The summed E-state index contributed by atoms with van der Waals surface area (Å²) in [7, 11) is 3.13. The number of hydrogen-bond donors (Lipinski definition) is 2. The minimum Gasteiger partial charge on any atom is -0.480 e. The fraction of sp³-hybridized carbons (Fsp3) is 0.389. The number of carbonyl (C=O) groups excluding carboxylic acids is 2. The van der Waals surface area contributed by atoms with E-state index in [1.807, 2.05) is 46.2 Å². The Bertz CT molecular complexity index is 1750. The highest BCUT2D eigenvalue weighted by molar-refractivity contribution is 6.39. The van der Waals surface area contributed by atoms with Gasteiger partial charge in [0.15, 0.2) is 0 Å². The second kappa shape index (κ2) is 15.7. The lowest BCUT2D eigenvalue weighted by Gasteiger charge is -2.38. The third-order valence-corrected chi connectivity index (χ3v) is 9.92. The number of methoxy groups -OCH3 is 2. The standard InChI is InChI=1S/C36H40Cl2N8O4/c1-21(47)45-17-23(18-45)11-39-13-31-35(49-3)43-29(15-41-31)27-9-5-7-25(33(27)37)26-8-6-10-28(34(26)38)30-16-42-32(36(44-30)50-4)14-40-12-24-19-46(20-24)22(2)48/h5-10,15-16,23-24,39-40H,11-14,17-20H2,1-4H3. The van der Waals surface area contributed by atoms with Gasteiger partial charge in [-0.2, -0.15) is 0 Å². The minimum atomic E-state index is 0.108. The Kier molecular flexibility index (Phi) is 11.1. The van der Waals surface area contributed by atoms with E-state index in [1.165, 1.54) is 0 Å². The number of aromatic nitrogens is 4. The van der Waals surface area contributed by atoms with Crippen molar-refractivity contribution >= 4 is 35.0 Å². The fourth-order valence-corrected chi connectivity index (χ4v) is 6.85. The molecule has 4 heterocycles. The van der Waals surface area contributed by atoms with Gasteiger partial charge in [0.2, 0.25) is 23.6 Å². The number of nitrogens with zero attached hydrogens (tertiary/aromatic N) is 6.